The van der Waals surface area contributed by atoms with Crippen LogP contribution in [0, 0.1) is 5.92 Å². The fraction of sp³-hybridized carbons (Fsp3) is 0.304. The first-order valence-electron chi connectivity index (χ1n) is 9.47. The first-order valence-corrected chi connectivity index (χ1v) is 18.9. The van der Waals surface area contributed by atoms with Crippen molar-refractivity contribution in [1.29, 1.82) is 0 Å². The van der Waals surface area contributed by atoms with E-state index in [4.69, 9.17) is 9.30 Å². The van der Waals surface area contributed by atoms with E-state index in [2.05, 4.69) is 89.1 Å². The summed E-state index contributed by atoms with van der Waals surface area (Å²) in [5.41, 5.74) is 10.0. The predicted octanol–water partition coefficient (Wildman–Crippen LogP) is 7.30. The van der Waals surface area contributed by atoms with Crippen molar-refractivity contribution in [1.82, 2.24) is 0 Å². The summed E-state index contributed by atoms with van der Waals surface area (Å²) in [6.45, 7) is 9.22. The summed E-state index contributed by atoms with van der Waals surface area (Å²) in [5.74, 6) is 0.465. The third-order valence-electron chi connectivity index (χ3n) is 6.94. The summed E-state index contributed by atoms with van der Waals surface area (Å²) >= 11 is -3.57. The molecule has 1 atom stereocenters. The van der Waals surface area contributed by atoms with Gasteiger partial charge in [-0.05, 0) is 0 Å². The van der Waals surface area contributed by atoms with E-state index in [9.17, 15) is 0 Å². The average Bonchev–Trinajstić information content (AvgIpc) is 3.04. The molecule has 2 aromatic rings. The van der Waals surface area contributed by atoms with Crippen LogP contribution in [-0.4, -0.2) is 7.63 Å². The number of hydrogen-bond donors (Lipinski definition) is 0. The number of rotatable bonds is 2. The average molecular weight is 488 g/mol. The topological polar surface area (TPSA) is 0 Å². The van der Waals surface area contributed by atoms with Gasteiger partial charge in [0.05, 0.1) is 0 Å². The Balaban J connectivity index is 0.00000140. The van der Waals surface area contributed by atoms with Crippen LogP contribution in [0.15, 0.2) is 69.1 Å². The van der Waals surface area contributed by atoms with E-state index >= 15 is 0 Å². The monoisotopic (exact) mass is 486 g/mol. The van der Waals surface area contributed by atoms with Crippen molar-refractivity contribution in [3.05, 3.63) is 80.3 Å². The molecule has 2 aromatic carbocycles. The van der Waals surface area contributed by atoms with Crippen LogP contribution in [0.1, 0.15) is 43.0 Å². The van der Waals surface area contributed by atoms with Crippen LogP contribution in [0.3, 0.4) is 0 Å². The first-order chi connectivity index (χ1) is 12.1. The van der Waals surface area contributed by atoms with Crippen LogP contribution >= 0.6 is 34.1 Å². The molecular formula is C23H29Cl3SiTi. The Morgan fingerprint density at radius 3 is 1.64 bits per heavy atom. The Bertz CT molecular complexity index is 1030. The Morgan fingerprint density at radius 1 is 0.821 bits per heavy atom. The molecular weight excluding hydrogens is 459 g/mol. The van der Waals surface area contributed by atoms with E-state index in [0.29, 0.717) is 10.1 Å². The number of benzene rings is 2. The second-order valence-electron chi connectivity index (χ2n) is 8.62. The quantitative estimate of drug-likeness (QED) is 0.390. The van der Waals surface area contributed by atoms with Gasteiger partial charge in [0.2, 0.25) is 0 Å². The SMILES string of the molecule is CC1=C(C)C(C)[C]([Ti]([CH3])(=[SiH2])([Cl])[CH]2c3ccccc3-c3ccccc32)=C1C.Cl.Cl. The maximum atomic E-state index is 7.90. The van der Waals surface area contributed by atoms with Gasteiger partial charge in [-0.2, -0.15) is 0 Å². The Hall–Kier alpha value is -0.279. The number of allylic oxidation sites excluding steroid dienone is 4. The third kappa shape index (κ3) is 3.23. The van der Waals surface area contributed by atoms with Crippen LogP contribution in [0.2, 0.25) is 5.23 Å². The van der Waals surface area contributed by atoms with Gasteiger partial charge in [-0.3, -0.25) is 0 Å². The normalized spacial score (nSPS) is 19.2. The van der Waals surface area contributed by atoms with Gasteiger partial charge in [0.25, 0.3) is 0 Å². The van der Waals surface area contributed by atoms with Gasteiger partial charge in [0, 0.05) is 0 Å². The molecule has 0 fully saturated rings. The molecule has 0 aliphatic heterocycles. The van der Waals surface area contributed by atoms with Crippen LogP contribution in [0.5, 0.6) is 0 Å². The molecule has 2 aliphatic rings. The summed E-state index contributed by atoms with van der Waals surface area (Å²) < 4.78 is 1.92. The van der Waals surface area contributed by atoms with Crippen molar-refractivity contribution in [3.8, 4) is 11.1 Å². The molecule has 0 heterocycles. The van der Waals surface area contributed by atoms with Crippen LogP contribution in [0.25, 0.3) is 11.1 Å². The van der Waals surface area contributed by atoms with Crippen molar-refractivity contribution in [2.24, 2.45) is 5.92 Å². The van der Waals surface area contributed by atoms with Crippen molar-refractivity contribution in [2.75, 3.05) is 0 Å². The zero-order valence-electron chi connectivity index (χ0n) is 17.2. The van der Waals surface area contributed by atoms with Gasteiger partial charge in [-0.1, -0.05) is 0 Å². The zero-order chi connectivity index (χ0) is 18.9. The van der Waals surface area contributed by atoms with E-state index in [0.717, 1.165) is 0 Å². The Morgan fingerprint density at radius 2 is 1.25 bits per heavy atom. The predicted molar refractivity (Wildman–Crippen MR) is 129 cm³/mol. The van der Waals surface area contributed by atoms with Crippen molar-refractivity contribution < 1.29 is 13.0 Å². The molecule has 1 unspecified atom stereocenters. The van der Waals surface area contributed by atoms with Gasteiger partial charge in [0.15, 0.2) is 0 Å². The molecule has 5 heteroatoms. The van der Waals surface area contributed by atoms with Gasteiger partial charge in [-0.25, -0.2) is 0 Å². The third-order valence-corrected chi connectivity index (χ3v) is 18.7. The largest absolute Gasteiger partial charge is 0.147 e. The van der Waals surface area contributed by atoms with Crippen LogP contribution < -0.4 is 0 Å². The molecule has 28 heavy (non-hydrogen) atoms. The molecule has 0 aromatic heterocycles. The molecule has 0 N–H and O–H groups in total. The minimum atomic E-state index is -3.57. The summed E-state index contributed by atoms with van der Waals surface area (Å²) in [4.78, 5) is 0. The molecule has 2 aliphatic carbocycles. The van der Waals surface area contributed by atoms with E-state index in [1.54, 1.807) is 3.88 Å². The smallest absolute Gasteiger partial charge is 0.147 e. The molecule has 150 valence electrons. The fourth-order valence-electron chi connectivity index (χ4n) is 5.55. The number of fused-ring (bicyclic) bond motifs is 3. The molecule has 4 rings (SSSR count). The van der Waals surface area contributed by atoms with E-state index < -0.39 is 13.0 Å². The van der Waals surface area contributed by atoms with Gasteiger partial charge in [0.1, 0.15) is 0 Å². The van der Waals surface area contributed by atoms with Crippen LogP contribution in [0.4, 0.5) is 0 Å². The summed E-state index contributed by atoms with van der Waals surface area (Å²) in [6, 6.07) is 17.8. The van der Waals surface area contributed by atoms with Gasteiger partial charge in [-0.15, -0.1) is 24.8 Å². The van der Waals surface area contributed by atoms with E-state index in [1.165, 1.54) is 39.0 Å². The Labute approximate surface area is 188 Å². The first kappa shape index (κ1) is 24.0. The molecule has 0 saturated heterocycles. The molecule has 0 amide bonds. The van der Waals surface area contributed by atoms with Gasteiger partial charge < -0.3 is 0 Å². The zero-order valence-corrected chi connectivity index (χ0v) is 22.5. The second-order valence-corrected chi connectivity index (χ2v) is 30.1. The van der Waals surface area contributed by atoms with Gasteiger partial charge >= 0.3 is 164 Å². The number of hydrogen-bond acceptors (Lipinski definition) is 0. The second kappa shape index (κ2) is 7.76. The minimum Gasteiger partial charge on any atom is -0.147 e. The molecule has 0 nitrogen and oxygen atoms in total. The van der Waals surface area contributed by atoms with E-state index in [-0.39, 0.29) is 24.8 Å². The van der Waals surface area contributed by atoms with Crippen molar-refractivity contribution >= 4 is 41.8 Å². The molecule has 0 spiro atoms. The molecule has 0 radical (unpaired) electrons. The molecule has 0 saturated carbocycles. The molecule has 0 bridgehead atoms. The maximum Gasteiger partial charge on any atom is -0.147 e. The summed E-state index contributed by atoms with van der Waals surface area (Å²) in [7, 11) is 10.1. The summed E-state index contributed by atoms with van der Waals surface area (Å²) in [6.07, 6.45) is 0. The number of halogens is 3. The summed E-state index contributed by atoms with van der Waals surface area (Å²) in [5, 5.41) is 2.45. The maximum absolute atomic E-state index is 7.90. The van der Waals surface area contributed by atoms with Crippen molar-refractivity contribution in [2.45, 2.75) is 37.1 Å². The van der Waals surface area contributed by atoms with Crippen LogP contribution in [-0.2, 0) is 13.0 Å². The minimum absolute atomic E-state index is 0. The Kier molecular flexibility index (Phi) is 6.65. The van der Waals surface area contributed by atoms with E-state index in [1.807, 2.05) is 0 Å². The standard InChI is InChI=1S/C13H9.C9H13.CH3.3ClH.H2Si.Ti/c1-3-7-12-10(5-1)9-11-6-2-4-8-13(11)12;1-6-5-7(2)9(4)8(6)3;;;;;;/h1-9H;6H,1-4H3;1H3;3*1H;1H2;/q;;;;;;;+1/p-1. The van der Waals surface area contributed by atoms with Crippen molar-refractivity contribution in [3.63, 3.8) is 0 Å². The fourth-order valence-corrected chi connectivity index (χ4v) is 19.7.